The van der Waals surface area contributed by atoms with Gasteiger partial charge in [0.15, 0.2) is 6.29 Å². The summed E-state index contributed by atoms with van der Waals surface area (Å²) in [6.45, 7) is 2.50. The lowest BCUT2D eigenvalue weighted by Gasteiger charge is -2.38. The highest BCUT2D eigenvalue weighted by Gasteiger charge is 2.35. The summed E-state index contributed by atoms with van der Waals surface area (Å²) in [5, 5.41) is 6.55. The minimum absolute atomic E-state index is 0.0362. The van der Waals surface area contributed by atoms with Gasteiger partial charge in [-0.25, -0.2) is 0 Å². The highest BCUT2D eigenvalue weighted by molar-refractivity contribution is 7.08. The third kappa shape index (κ3) is 4.34. The lowest BCUT2D eigenvalue weighted by Crippen LogP contribution is -2.50. The minimum atomic E-state index is -0.271. The lowest BCUT2D eigenvalue weighted by atomic mass is 10.0. The summed E-state index contributed by atoms with van der Waals surface area (Å²) in [6, 6.07) is 1.83. The van der Waals surface area contributed by atoms with E-state index in [1.165, 1.54) is 11.3 Å². The number of ether oxygens (including phenoxy) is 2. The van der Waals surface area contributed by atoms with E-state index in [-0.39, 0.29) is 24.1 Å². The van der Waals surface area contributed by atoms with E-state index in [9.17, 15) is 9.59 Å². The zero-order valence-corrected chi connectivity index (χ0v) is 14.6. The SMILES string of the molecule is O=C(NCCCC(=O)N1CCCCC1C1OCCO1)c1ccsc1. The minimum Gasteiger partial charge on any atom is -0.352 e. The fraction of sp³-hybridized carbons (Fsp3) is 0.647. The Bertz CT molecular complexity index is 543. The molecule has 0 radical (unpaired) electrons. The van der Waals surface area contributed by atoms with Gasteiger partial charge in [-0.15, -0.1) is 0 Å². The molecule has 0 bridgehead atoms. The van der Waals surface area contributed by atoms with Gasteiger partial charge < -0.3 is 19.7 Å². The van der Waals surface area contributed by atoms with Crippen molar-refractivity contribution in [3.05, 3.63) is 22.4 Å². The van der Waals surface area contributed by atoms with Gasteiger partial charge in [-0.3, -0.25) is 9.59 Å². The van der Waals surface area contributed by atoms with Crippen molar-refractivity contribution < 1.29 is 19.1 Å². The number of hydrogen-bond acceptors (Lipinski definition) is 5. The lowest BCUT2D eigenvalue weighted by molar-refractivity contribution is -0.150. The number of nitrogens with zero attached hydrogens (tertiary/aromatic N) is 1. The second-order valence-corrected chi connectivity index (χ2v) is 6.91. The second-order valence-electron chi connectivity index (χ2n) is 6.13. The molecular formula is C17H24N2O4S. The van der Waals surface area contributed by atoms with E-state index in [1.54, 1.807) is 6.07 Å². The Hall–Kier alpha value is -1.44. The number of hydrogen-bond donors (Lipinski definition) is 1. The number of nitrogens with one attached hydrogen (secondary N) is 1. The van der Waals surface area contributed by atoms with Crippen LogP contribution in [0.25, 0.3) is 0 Å². The number of amides is 2. The van der Waals surface area contributed by atoms with Crippen LogP contribution in [0.3, 0.4) is 0 Å². The normalized spacial score (nSPS) is 21.8. The Morgan fingerprint density at radius 3 is 2.88 bits per heavy atom. The molecule has 3 rings (SSSR count). The molecule has 0 aromatic carbocycles. The van der Waals surface area contributed by atoms with Crippen LogP contribution in [0.15, 0.2) is 16.8 Å². The number of carbonyl (C=O) groups excluding carboxylic acids is 2. The first kappa shape index (κ1) is 17.4. The van der Waals surface area contributed by atoms with Crippen LogP contribution in [0.5, 0.6) is 0 Å². The fourth-order valence-corrected chi connectivity index (χ4v) is 3.87. The van der Waals surface area contributed by atoms with Gasteiger partial charge in [-0.05, 0) is 37.1 Å². The summed E-state index contributed by atoms with van der Waals surface area (Å²) in [6.07, 6.45) is 3.88. The van der Waals surface area contributed by atoms with Gasteiger partial charge in [-0.1, -0.05) is 0 Å². The summed E-state index contributed by atoms with van der Waals surface area (Å²) in [7, 11) is 0. The van der Waals surface area contributed by atoms with Crippen LogP contribution >= 0.6 is 11.3 Å². The average molecular weight is 352 g/mol. The van der Waals surface area contributed by atoms with Gasteiger partial charge >= 0.3 is 0 Å². The van der Waals surface area contributed by atoms with Crippen LogP contribution in [0.2, 0.25) is 0 Å². The third-order valence-electron chi connectivity index (χ3n) is 4.47. The van der Waals surface area contributed by atoms with Gasteiger partial charge in [0.05, 0.1) is 19.3 Å². The van der Waals surface area contributed by atoms with Crippen LogP contribution in [0, 0.1) is 0 Å². The Morgan fingerprint density at radius 1 is 1.29 bits per heavy atom. The van der Waals surface area contributed by atoms with Gasteiger partial charge in [-0.2, -0.15) is 11.3 Å². The molecule has 3 heterocycles. The maximum absolute atomic E-state index is 12.5. The second kappa shape index (κ2) is 8.60. The van der Waals surface area contributed by atoms with Crippen LogP contribution in [-0.2, 0) is 14.3 Å². The monoisotopic (exact) mass is 352 g/mol. The van der Waals surface area contributed by atoms with Gasteiger partial charge in [0.1, 0.15) is 0 Å². The van der Waals surface area contributed by atoms with Crippen molar-refractivity contribution in [3.63, 3.8) is 0 Å². The molecule has 2 aliphatic heterocycles. The van der Waals surface area contributed by atoms with Crippen molar-refractivity contribution in [1.29, 1.82) is 0 Å². The van der Waals surface area contributed by atoms with Crippen molar-refractivity contribution in [2.45, 2.75) is 44.4 Å². The quantitative estimate of drug-likeness (QED) is 0.796. The molecule has 0 aliphatic carbocycles. The van der Waals surface area contributed by atoms with E-state index in [2.05, 4.69) is 5.32 Å². The van der Waals surface area contributed by atoms with Gasteiger partial charge in [0, 0.05) is 30.5 Å². The maximum Gasteiger partial charge on any atom is 0.252 e. The fourth-order valence-electron chi connectivity index (χ4n) is 3.23. The van der Waals surface area contributed by atoms with Crippen LogP contribution < -0.4 is 5.32 Å². The van der Waals surface area contributed by atoms with Crippen LogP contribution in [-0.4, -0.2) is 55.3 Å². The van der Waals surface area contributed by atoms with E-state index in [4.69, 9.17) is 9.47 Å². The first-order valence-electron chi connectivity index (χ1n) is 8.59. The molecule has 2 fully saturated rings. The molecular weight excluding hydrogens is 328 g/mol. The molecule has 132 valence electrons. The Labute approximate surface area is 146 Å². The highest BCUT2D eigenvalue weighted by atomic mass is 32.1. The highest BCUT2D eigenvalue weighted by Crippen LogP contribution is 2.25. The van der Waals surface area contributed by atoms with Crippen LogP contribution in [0.4, 0.5) is 0 Å². The van der Waals surface area contributed by atoms with E-state index >= 15 is 0 Å². The van der Waals surface area contributed by atoms with Gasteiger partial charge in [0.25, 0.3) is 5.91 Å². The van der Waals surface area contributed by atoms with E-state index in [0.717, 1.165) is 25.8 Å². The maximum atomic E-state index is 12.5. The predicted octanol–water partition coefficient (Wildman–Crippen LogP) is 2.01. The molecule has 1 N–H and O–H groups in total. The van der Waals surface area contributed by atoms with Crippen molar-refractivity contribution in [3.8, 4) is 0 Å². The molecule has 1 unspecified atom stereocenters. The summed E-state index contributed by atoms with van der Waals surface area (Å²) in [4.78, 5) is 26.3. The molecule has 2 amide bonds. The number of thiophene rings is 1. The standard InChI is InChI=1S/C17H24N2O4S/c20-15(5-3-7-18-16(21)13-6-11-24-12-13)19-8-2-1-4-14(19)17-22-9-10-23-17/h6,11-12,14,17H,1-5,7-10H2,(H,18,21). The van der Waals surface area contributed by atoms with Crippen LogP contribution in [0.1, 0.15) is 42.5 Å². The van der Waals surface area contributed by atoms with Crippen molar-refractivity contribution in [1.82, 2.24) is 10.2 Å². The summed E-state index contributed by atoms with van der Waals surface area (Å²) in [5.74, 6) is 0.0517. The molecule has 2 aliphatic rings. The van der Waals surface area contributed by atoms with E-state index in [1.807, 2.05) is 15.7 Å². The number of rotatable bonds is 6. The Kier molecular flexibility index (Phi) is 6.23. The third-order valence-corrected chi connectivity index (χ3v) is 5.15. The zero-order chi connectivity index (χ0) is 16.8. The molecule has 0 saturated carbocycles. The molecule has 1 aromatic rings. The van der Waals surface area contributed by atoms with Crippen molar-refractivity contribution in [2.75, 3.05) is 26.3 Å². The molecule has 2 saturated heterocycles. The summed E-state index contributed by atoms with van der Waals surface area (Å²) >= 11 is 1.50. The van der Waals surface area contributed by atoms with E-state index in [0.29, 0.717) is 38.2 Å². The molecule has 7 heteroatoms. The summed E-state index contributed by atoms with van der Waals surface area (Å²) < 4.78 is 11.2. The molecule has 1 atom stereocenters. The zero-order valence-electron chi connectivity index (χ0n) is 13.7. The average Bonchev–Trinajstić information content (AvgIpc) is 3.32. The molecule has 0 spiro atoms. The van der Waals surface area contributed by atoms with Crippen molar-refractivity contribution >= 4 is 23.2 Å². The number of carbonyl (C=O) groups is 2. The van der Waals surface area contributed by atoms with Crippen molar-refractivity contribution in [2.24, 2.45) is 0 Å². The number of piperidine rings is 1. The largest absolute Gasteiger partial charge is 0.352 e. The number of likely N-dealkylation sites (tertiary alicyclic amines) is 1. The Balaban J connectivity index is 1.42. The first-order chi connectivity index (χ1) is 11.8. The topological polar surface area (TPSA) is 67.9 Å². The first-order valence-corrected chi connectivity index (χ1v) is 9.53. The molecule has 6 nitrogen and oxygen atoms in total. The van der Waals surface area contributed by atoms with Gasteiger partial charge in [0.2, 0.25) is 5.91 Å². The Morgan fingerprint density at radius 2 is 2.12 bits per heavy atom. The molecule has 1 aromatic heterocycles. The predicted molar refractivity (Wildman–Crippen MR) is 90.9 cm³/mol. The molecule has 24 heavy (non-hydrogen) atoms. The smallest absolute Gasteiger partial charge is 0.252 e. The summed E-state index contributed by atoms with van der Waals surface area (Å²) in [5.41, 5.74) is 0.679. The van der Waals surface area contributed by atoms with E-state index < -0.39 is 0 Å².